The predicted octanol–water partition coefficient (Wildman–Crippen LogP) is 1.39. The van der Waals surface area contributed by atoms with Crippen LogP contribution in [0.5, 0.6) is 0 Å². The highest BCUT2D eigenvalue weighted by Crippen LogP contribution is 2.43. The van der Waals surface area contributed by atoms with Crippen LogP contribution < -0.4 is 5.32 Å². The van der Waals surface area contributed by atoms with Crippen LogP contribution in [0, 0.1) is 5.41 Å². The van der Waals surface area contributed by atoms with E-state index < -0.39 is 5.97 Å². The summed E-state index contributed by atoms with van der Waals surface area (Å²) in [5.41, 5.74) is -0.188. The second kappa shape index (κ2) is 5.82. The number of carbonyl (C=O) groups is 2. The number of carboxylic acid groups (broad SMARTS) is 1. The third-order valence-electron chi connectivity index (χ3n) is 3.85. The number of carbonyl (C=O) groups excluding carboxylic acids is 1. The molecule has 0 radical (unpaired) electrons. The minimum atomic E-state index is -0.765. The molecule has 1 aliphatic carbocycles. The van der Waals surface area contributed by atoms with Gasteiger partial charge in [-0.25, -0.2) is 4.79 Å². The van der Waals surface area contributed by atoms with Gasteiger partial charge in [-0.1, -0.05) is 6.42 Å². The highest BCUT2D eigenvalue weighted by Gasteiger charge is 2.39. The Balaban J connectivity index is 1.78. The second-order valence-electron chi connectivity index (χ2n) is 5.18. The Hall–Kier alpha value is -0.910. The molecule has 2 amide bonds. The van der Waals surface area contributed by atoms with Gasteiger partial charge in [-0.05, 0) is 18.3 Å². The summed E-state index contributed by atoms with van der Waals surface area (Å²) in [5, 5.41) is 11.8. The third-order valence-corrected chi connectivity index (χ3v) is 4.80. The van der Waals surface area contributed by atoms with Crippen LogP contribution in [-0.2, 0) is 4.79 Å². The van der Waals surface area contributed by atoms with Gasteiger partial charge in [0.25, 0.3) is 0 Å². The van der Waals surface area contributed by atoms with Crippen LogP contribution in [0.3, 0.4) is 0 Å². The predicted molar refractivity (Wildman–Crippen MR) is 70.8 cm³/mol. The molecule has 0 aromatic carbocycles. The zero-order valence-electron chi connectivity index (χ0n) is 10.5. The Morgan fingerprint density at radius 3 is 2.44 bits per heavy atom. The molecule has 1 aliphatic heterocycles. The minimum absolute atomic E-state index is 0.0352. The van der Waals surface area contributed by atoms with Gasteiger partial charge in [0.15, 0.2) is 0 Å². The molecule has 0 bridgehead atoms. The standard InChI is InChI=1S/C12H20N2O3S/c15-10(16)8-12(2-1-3-12)9-13-11(17)14-4-6-18-7-5-14/h1-9H2,(H,13,17)(H,15,16). The average molecular weight is 272 g/mol. The van der Waals surface area contributed by atoms with Crippen molar-refractivity contribution in [1.29, 1.82) is 0 Å². The van der Waals surface area contributed by atoms with Gasteiger partial charge in [0.05, 0.1) is 6.42 Å². The van der Waals surface area contributed by atoms with Gasteiger partial charge >= 0.3 is 12.0 Å². The molecule has 0 unspecified atom stereocenters. The SMILES string of the molecule is O=C(O)CC1(CNC(=O)N2CCSCC2)CCC1. The van der Waals surface area contributed by atoms with Gasteiger partial charge in [-0.15, -0.1) is 0 Å². The summed E-state index contributed by atoms with van der Waals surface area (Å²) < 4.78 is 0. The van der Waals surface area contributed by atoms with Crippen LogP contribution in [-0.4, -0.2) is 53.1 Å². The first-order chi connectivity index (χ1) is 8.61. The number of amides is 2. The normalized spacial score (nSPS) is 22.1. The molecule has 0 atom stereocenters. The van der Waals surface area contributed by atoms with Gasteiger partial charge in [0.1, 0.15) is 0 Å². The van der Waals surface area contributed by atoms with Gasteiger partial charge in [-0.2, -0.15) is 11.8 Å². The van der Waals surface area contributed by atoms with Crippen LogP contribution in [0.25, 0.3) is 0 Å². The van der Waals surface area contributed by atoms with Gasteiger partial charge < -0.3 is 15.3 Å². The van der Waals surface area contributed by atoms with Gasteiger partial charge in [-0.3, -0.25) is 4.79 Å². The van der Waals surface area contributed by atoms with Crippen molar-refractivity contribution in [3.63, 3.8) is 0 Å². The van der Waals surface area contributed by atoms with Crippen LogP contribution >= 0.6 is 11.8 Å². The fourth-order valence-corrected chi connectivity index (χ4v) is 3.46. The maximum atomic E-state index is 11.9. The fraction of sp³-hybridized carbons (Fsp3) is 0.833. The molecule has 0 aromatic rings. The first-order valence-corrected chi connectivity index (χ1v) is 7.59. The molecule has 1 heterocycles. The largest absolute Gasteiger partial charge is 0.481 e. The lowest BCUT2D eigenvalue weighted by molar-refractivity contribution is -0.141. The fourth-order valence-electron chi connectivity index (χ4n) is 2.55. The Bertz CT molecular complexity index is 325. The summed E-state index contributed by atoms with van der Waals surface area (Å²) in [6.45, 7) is 2.09. The van der Waals surface area contributed by atoms with Crippen molar-refractivity contribution in [2.75, 3.05) is 31.1 Å². The maximum Gasteiger partial charge on any atom is 0.317 e. The van der Waals surface area contributed by atoms with Crippen molar-refractivity contribution < 1.29 is 14.7 Å². The summed E-state index contributed by atoms with van der Waals surface area (Å²) in [6, 6.07) is -0.0352. The Morgan fingerprint density at radius 1 is 1.28 bits per heavy atom. The lowest BCUT2D eigenvalue weighted by atomic mass is 9.66. The number of hydrogen-bond donors (Lipinski definition) is 2. The number of rotatable bonds is 4. The van der Waals surface area contributed by atoms with E-state index in [4.69, 9.17) is 5.11 Å². The summed E-state index contributed by atoms with van der Waals surface area (Å²) >= 11 is 1.86. The van der Waals surface area contributed by atoms with E-state index in [0.717, 1.165) is 43.9 Å². The van der Waals surface area contributed by atoms with Crippen LogP contribution in [0.4, 0.5) is 4.79 Å². The molecule has 0 spiro atoms. The number of hydrogen-bond acceptors (Lipinski definition) is 3. The van der Waals surface area contributed by atoms with Crippen LogP contribution in [0.1, 0.15) is 25.7 Å². The zero-order chi connectivity index (χ0) is 13.0. The van der Waals surface area contributed by atoms with Crippen molar-refractivity contribution in [2.24, 2.45) is 5.41 Å². The van der Waals surface area contributed by atoms with Crippen molar-refractivity contribution in [3.05, 3.63) is 0 Å². The first-order valence-electron chi connectivity index (χ1n) is 6.44. The highest BCUT2D eigenvalue weighted by atomic mass is 32.2. The smallest absolute Gasteiger partial charge is 0.317 e. The van der Waals surface area contributed by atoms with Crippen LogP contribution in [0.15, 0.2) is 0 Å². The molecule has 2 fully saturated rings. The molecule has 2 rings (SSSR count). The molecule has 2 aliphatic rings. The lowest BCUT2D eigenvalue weighted by Crippen LogP contribution is -2.49. The number of nitrogens with one attached hydrogen (secondary N) is 1. The molecule has 102 valence electrons. The molecule has 1 saturated carbocycles. The van der Waals surface area contributed by atoms with E-state index in [1.807, 2.05) is 16.7 Å². The van der Waals surface area contributed by atoms with E-state index in [9.17, 15) is 9.59 Å². The maximum absolute atomic E-state index is 11.9. The van der Waals surface area contributed by atoms with Crippen molar-refractivity contribution >= 4 is 23.8 Å². The molecule has 1 saturated heterocycles. The van der Waals surface area contributed by atoms with E-state index in [2.05, 4.69) is 5.32 Å². The van der Waals surface area contributed by atoms with Gasteiger partial charge in [0, 0.05) is 31.1 Å². The minimum Gasteiger partial charge on any atom is -0.481 e. The lowest BCUT2D eigenvalue weighted by Gasteiger charge is -2.41. The molecule has 0 aromatic heterocycles. The van der Waals surface area contributed by atoms with Crippen molar-refractivity contribution in [2.45, 2.75) is 25.7 Å². The molecular formula is C12H20N2O3S. The molecular weight excluding hydrogens is 252 g/mol. The monoisotopic (exact) mass is 272 g/mol. The Labute approximate surface area is 111 Å². The molecule has 2 N–H and O–H groups in total. The number of nitrogens with zero attached hydrogens (tertiary/aromatic N) is 1. The number of thioether (sulfide) groups is 1. The first kappa shape index (κ1) is 13.5. The molecule has 5 nitrogen and oxygen atoms in total. The summed E-state index contributed by atoms with van der Waals surface area (Å²) in [6.07, 6.45) is 3.07. The zero-order valence-corrected chi connectivity index (χ0v) is 11.3. The summed E-state index contributed by atoms with van der Waals surface area (Å²) in [7, 11) is 0. The highest BCUT2D eigenvalue weighted by molar-refractivity contribution is 7.99. The Kier molecular flexibility index (Phi) is 4.37. The number of urea groups is 1. The van der Waals surface area contributed by atoms with Gasteiger partial charge in [0.2, 0.25) is 0 Å². The summed E-state index contributed by atoms with van der Waals surface area (Å²) in [4.78, 5) is 24.6. The van der Waals surface area contributed by atoms with Crippen molar-refractivity contribution in [3.8, 4) is 0 Å². The molecule has 18 heavy (non-hydrogen) atoms. The van der Waals surface area contributed by atoms with E-state index in [1.54, 1.807) is 0 Å². The second-order valence-corrected chi connectivity index (χ2v) is 6.41. The Morgan fingerprint density at radius 2 is 1.94 bits per heavy atom. The van der Waals surface area contributed by atoms with E-state index >= 15 is 0 Å². The summed E-state index contributed by atoms with van der Waals surface area (Å²) in [5.74, 6) is 1.22. The van der Waals surface area contributed by atoms with Crippen molar-refractivity contribution in [1.82, 2.24) is 10.2 Å². The average Bonchev–Trinajstić information content (AvgIpc) is 2.32. The molecule has 6 heteroatoms. The number of aliphatic carboxylic acids is 1. The quantitative estimate of drug-likeness (QED) is 0.811. The van der Waals surface area contributed by atoms with Crippen LogP contribution in [0.2, 0.25) is 0 Å². The van der Waals surface area contributed by atoms with E-state index in [1.165, 1.54) is 0 Å². The topological polar surface area (TPSA) is 69.6 Å². The van der Waals surface area contributed by atoms with E-state index in [0.29, 0.717) is 6.54 Å². The van der Waals surface area contributed by atoms with E-state index in [-0.39, 0.29) is 17.9 Å². The third kappa shape index (κ3) is 3.31. The number of carboxylic acids is 1.